The van der Waals surface area contributed by atoms with Crippen molar-refractivity contribution in [2.45, 2.75) is 25.8 Å². The number of nitrogens with zero attached hydrogens (tertiary/aromatic N) is 1. The lowest BCUT2D eigenvalue weighted by Crippen LogP contribution is -2.31. The van der Waals surface area contributed by atoms with E-state index in [9.17, 15) is 19.1 Å². The maximum Gasteiger partial charge on any atom is 0.223 e. The van der Waals surface area contributed by atoms with Crippen molar-refractivity contribution >= 4 is 22.8 Å². The molecule has 2 atom stereocenters. The third-order valence-corrected chi connectivity index (χ3v) is 4.84. The fourth-order valence-electron chi connectivity index (χ4n) is 2.77. The number of likely N-dealkylation sites (tertiary alicyclic amines) is 1. The first-order valence-electron chi connectivity index (χ1n) is 7.30. The second-order valence-electron chi connectivity index (χ2n) is 5.50. The number of carbonyl (C=O) groups excluding carboxylic acids is 2. The zero-order valence-corrected chi connectivity index (χ0v) is 13.3. The quantitative estimate of drug-likeness (QED) is 0.872. The van der Waals surface area contributed by atoms with Crippen molar-refractivity contribution in [3.63, 3.8) is 0 Å². The fraction of sp³-hybridized carbons (Fsp3) is 0.500. The van der Waals surface area contributed by atoms with Gasteiger partial charge in [-0.1, -0.05) is 23.9 Å². The van der Waals surface area contributed by atoms with E-state index < -0.39 is 0 Å². The summed E-state index contributed by atoms with van der Waals surface area (Å²) < 4.78 is 13.1. The first kappa shape index (κ1) is 17.0. The summed E-state index contributed by atoms with van der Waals surface area (Å²) in [7, 11) is 0. The van der Waals surface area contributed by atoms with Crippen molar-refractivity contribution in [3.05, 3.63) is 35.6 Å². The Morgan fingerprint density at radius 3 is 2.73 bits per heavy atom. The number of thioether (sulfide) groups is 1. The van der Waals surface area contributed by atoms with Crippen LogP contribution in [0.15, 0.2) is 24.3 Å². The van der Waals surface area contributed by atoms with Crippen LogP contribution in [0.4, 0.5) is 4.39 Å². The lowest BCUT2D eigenvalue weighted by atomic mass is 10.0. The number of halogens is 1. The Morgan fingerprint density at radius 2 is 2.14 bits per heavy atom. The van der Waals surface area contributed by atoms with Crippen LogP contribution in [0.25, 0.3) is 0 Å². The minimum Gasteiger partial charge on any atom is -0.396 e. The molecule has 1 fully saturated rings. The van der Waals surface area contributed by atoms with Gasteiger partial charge in [0.1, 0.15) is 5.82 Å². The highest BCUT2D eigenvalue weighted by atomic mass is 32.2. The van der Waals surface area contributed by atoms with Gasteiger partial charge in [0, 0.05) is 32.2 Å². The number of carbonyl (C=O) groups is 2. The van der Waals surface area contributed by atoms with Crippen molar-refractivity contribution in [2.24, 2.45) is 5.92 Å². The van der Waals surface area contributed by atoms with Gasteiger partial charge in [0.2, 0.25) is 5.91 Å². The second-order valence-corrected chi connectivity index (χ2v) is 6.70. The molecule has 0 bridgehead atoms. The number of benzene rings is 1. The molecule has 0 spiro atoms. The van der Waals surface area contributed by atoms with Gasteiger partial charge >= 0.3 is 0 Å². The fourth-order valence-corrected chi connectivity index (χ4v) is 3.46. The average molecular weight is 325 g/mol. The summed E-state index contributed by atoms with van der Waals surface area (Å²) in [4.78, 5) is 25.1. The van der Waals surface area contributed by atoms with Gasteiger partial charge in [-0.3, -0.25) is 9.59 Å². The maximum absolute atomic E-state index is 13.1. The van der Waals surface area contributed by atoms with E-state index in [-0.39, 0.29) is 35.4 Å². The molecular weight excluding hydrogens is 305 g/mol. The Bertz CT molecular complexity index is 535. The minimum atomic E-state index is -0.324. The van der Waals surface area contributed by atoms with Crippen LogP contribution < -0.4 is 0 Å². The first-order chi connectivity index (χ1) is 10.5. The Kier molecular flexibility index (Phi) is 5.97. The first-order valence-corrected chi connectivity index (χ1v) is 8.29. The van der Waals surface area contributed by atoms with E-state index in [0.29, 0.717) is 25.1 Å². The van der Waals surface area contributed by atoms with Crippen molar-refractivity contribution in [1.82, 2.24) is 4.90 Å². The summed E-state index contributed by atoms with van der Waals surface area (Å²) in [6.45, 7) is 2.05. The van der Waals surface area contributed by atoms with Gasteiger partial charge in [0.05, 0.1) is 6.04 Å². The Hall–Kier alpha value is -1.40. The molecule has 1 amide bonds. The number of rotatable bonds is 6. The highest BCUT2D eigenvalue weighted by molar-refractivity contribution is 8.13. The molecule has 1 aliphatic heterocycles. The number of hydrogen-bond acceptors (Lipinski definition) is 4. The van der Waals surface area contributed by atoms with Crippen molar-refractivity contribution < 1.29 is 19.1 Å². The van der Waals surface area contributed by atoms with E-state index >= 15 is 0 Å². The molecule has 0 saturated carbocycles. The van der Waals surface area contributed by atoms with Gasteiger partial charge in [-0.2, -0.15) is 0 Å². The van der Waals surface area contributed by atoms with E-state index in [4.69, 9.17) is 0 Å². The summed E-state index contributed by atoms with van der Waals surface area (Å²) in [5.41, 5.74) is 0.823. The molecule has 1 N–H and O–H groups in total. The summed E-state index contributed by atoms with van der Waals surface area (Å²) in [6.07, 6.45) is 0.841. The molecule has 22 heavy (non-hydrogen) atoms. The molecule has 120 valence electrons. The van der Waals surface area contributed by atoms with Crippen LogP contribution in [0, 0.1) is 11.7 Å². The van der Waals surface area contributed by atoms with Crippen LogP contribution in [0.2, 0.25) is 0 Å². The molecule has 4 nitrogen and oxygen atoms in total. The third-order valence-electron chi connectivity index (χ3n) is 3.79. The van der Waals surface area contributed by atoms with Crippen LogP contribution in [-0.2, 0) is 9.59 Å². The van der Waals surface area contributed by atoms with E-state index in [1.54, 1.807) is 17.0 Å². The number of amides is 1. The number of aliphatic hydroxyl groups excluding tert-OH is 1. The third kappa shape index (κ3) is 4.30. The van der Waals surface area contributed by atoms with Gasteiger partial charge < -0.3 is 10.0 Å². The van der Waals surface area contributed by atoms with Crippen molar-refractivity contribution in [1.29, 1.82) is 0 Å². The van der Waals surface area contributed by atoms with E-state index in [2.05, 4.69) is 0 Å². The molecule has 2 unspecified atom stereocenters. The molecule has 6 heteroatoms. The van der Waals surface area contributed by atoms with Crippen molar-refractivity contribution in [3.8, 4) is 0 Å². The van der Waals surface area contributed by atoms with Crippen molar-refractivity contribution in [2.75, 3.05) is 18.9 Å². The summed E-state index contributed by atoms with van der Waals surface area (Å²) in [6, 6.07) is 5.79. The van der Waals surface area contributed by atoms with E-state index in [1.165, 1.54) is 30.8 Å². The Morgan fingerprint density at radius 1 is 1.45 bits per heavy atom. The number of aliphatic hydroxyl groups is 1. The molecule has 0 aliphatic carbocycles. The predicted molar refractivity (Wildman–Crippen MR) is 83.8 cm³/mol. The highest BCUT2D eigenvalue weighted by Gasteiger charge is 2.34. The lowest BCUT2D eigenvalue weighted by molar-refractivity contribution is -0.130. The smallest absolute Gasteiger partial charge is 0.223 e. The molecule has 1 aromatic rings. The molecule has 1 saturated heterocycles. The summed E-state index contributed by atoms with van der Waals surface area (Å²) in [5, 5.41) is 9.33. The highest BCUT2D eigenvalue weighted by Crippen LogP contribution is 2.32. The molecule has 2 rings (SSSR count). The average Bonchev–Trinajstić information content (AvgIpc) is 2.85. The molecule has 1 heterocycles. The standard InChI is InChI=1S/C16H20FNO3S/c1-11(20)22-10-12-8-16(21)18(9-12)15(6-7-19)13-2-4-14(17)5-3-13/h2-5,12,15,19H,6-10H2,1H3. The zero-order chi connectivity index (χ0) is 16.1. The summed E-state index contributed by atoms with van der Waals surface area (Å²) >= 11 is 1.24. The van der Waals surface area contributed by atoms with Gasteiger partial charge in [-0.15, -0.1) is 0 Å². The largest absolute Gasteiger partial charge is 0.396 e. The normalized spacial score (nSPS) is 19.5. The zero-order valence-electron chi connectivity index (χ0n) is 12.5. The second kappa shape index (κ2) is 7.74. The van der Waals surface area contributed by atoms with Gasteiger partial charge in [0.25, 0.3) is 0 Å². The molecule has 0 radical (unpaired) electrons. The van der Waals surface area contributed by atoms with Gasteiger partial charge in [-0.05, 0) is 30.0 Å². The topological polar surface area (TPSA) is 57.6 Å². The molecular formula is C16H20FNO3S. The maximum atomic E-state index is 13.1. The molecule has 1 aliphatic rings. The predicted octanol–water partition coefficient (Wildman–Crippen LogP) is 2.38. The van der Waals surface area contributed by atoms with Crippen LogP contribution in [-0.4, -0.2) is 39.9 Å². The van der Waals surface area contributed by atoms with Crippen LogP contribution in [0.3, 0.4) is 0 Å². The minimum absolute atomic E-state index is 0.0249. The van der Waals surface area contributed by atoms with Gasteiger partial charge in [-0.25, -0.2) is 4.39 Å². The van der Waals surface area contributed by atoms with Crippen LogP contribution in [0.1, 0.15) is 31.4 Å². The summed E-state index contributed by atoms with van der Waals surface area (Å²) in [5.74, 6) is 0.474. The van der Waals surface area contributed by atoms with E-state index in [1.807, 2.05) is 0 Å². The Labute approximate surface area is 133 Å². The lowest BCUT2D eigenvalue weighted by Gasteiger charge is -2.28. The number of hydrogen-bond donors (Lipinski definition) is 1. The van der Waals surface area contributed by atoms with Gasteiger partial charge in [0.15, 0.2) is 5.12 Å². The molecule has 0 aromatic heterocycles. The van der Waals surface area contributed by atoms with Crippen LogP contribution in [0.5, 0.6) is 0 Å². The Balaban J connectivity index is 2.09. The van der Waals surface area contributed by atoms with E-state index in [0.717, 1.165) is 5.56 Å². The monoisotopic (exact) mass is 325 g/mol. The molecule has 1 aromatic carbocycles. The van der Waals surface area contributed by atoms with Crippen LogP contribution >= 0.6 is 11.8 Å². The SMILES string of the molecule is CC(=O)SCC1CC(=O)N(C(CCO)c2ccc(F)cc2)C1.